The average molecular weight is 298 g/mol. The molecule has 0 amide bonds. The molecule has 0 aliphatic rings. The highest BCUT2D eigenvalue weighted by Crippen LogP contribution is 2.20. The summed E-state index contributed by atoms with van der Waals surface area (Å²) in [7, 11) is 1.42. The lowest BCUT2D eigenvalue weighted by Gasteiger charge is -2.31. The molecule has 1 aromatic rings. The molecule has 1 heterocycles. The highest BCUT2D eigenvalue weighted by Gasteiger charge is 2.27. The smallest absolute Gasteiger partial charge is 0.332 e. The summed E-state index contributed by atoms with van der Waals surface area (Å²) in [4.78, 5) is 24.4. The van der Waals surface area contributed by atoms with Crippen molar-refractivity contribution < 1.29 is 5.11 Å². The number of nitrogens with two attached hydrogens (primary N) is 1. The van der Waals surface area contributed by atoms with Gasteiger partial charge in [0.05, 0.1) is 11.6 Å². The van der Waals surface area contributed by atoms with Crippen molar-refractivity contribution >= 4 is 11.5 Å². The first-order chi connectivity index (χ1) is 9.49. The predicted octanol–water partition coefficient (Wildman–Crippen LogP) is 0.357. The number of rotatable bonds is 5. The van der Waals surface area contributed by atoms with Crippen LogP contribution in [0.15, 0.2) is 9.59 Å². The van der Waals surface area contributed by atoms with E-state index in [0.29, 0.717) is 6.54 Å². The highest BCUT2D eigenvalue weighted by molar-refractivity contribution is 5.62. The van der Waals surface area contributed by atoms with Crippen molar-refractivity contribution in [1.29, 1.82) is 0 Å². The van der Waals surface area contributed by atoms with Gasteiger partial charge in [0.1, 0.15) is 11.5 Å². The van der Waals surface area contributed by atoms with Crippen molar-refractivity contribution in [2.45, 2.75) is 52.8 Å². The van der Waals surface area contributed by atoms with Crippen molar-refractivity contribution in [2.75, 3.05) is 11.1 Å². The standard InChI is InChI=1S/C14H26N4O3/c1-8(2)7-18-11(15)10(12(20)17(6)13(18)21)16-14(4,5)9(3)19/h8-9,16,19H,7,15H2,1-6H3. The number of hydrogen-bond donors (Lipinski definition) is 3. The zero-order valence-electron chi connectivity index (χ0n) is 13.6. The maximum atomic E-state index is 12.3. The third-order valence-corrected chi connectivity index (χ3v) is 3.62. The monoisotopic (exact) mass is 298 g/mol. The molecular formula is C14H26N4O3. The number of anilines is 2. The van der Waals surface area contributed by atoms with Gasteiger partial charge in [0, 0.05) is 13.6 Å². The van der Waals surface area contributed by atoms with Crippen molar-refractivity contribution in [3.8, 4) is 0 Å². The Morgan fingerprint density at radius 1 is 1.29 bits per heavy atom. The van der Waals surface area contributed by atoms with Crippen molar-refractivity contribution in [3.63, 3.8) is 0 Å². The molecule has 0 aliphatic carbocycles. The Balaban J connectivity index is 3.50. The van der Waals surface area contributed by atoms with Gasteiger partial charge in [-0.25, -0.2) is 4.79 Å². The number of nitrogens with one attached hydrogen (secondary N) is 1. The molecule has 0 aromatic carbocycles. The molecule has 0 spiro atoms. The van der Waals surface area contributed by atoms with Crippen LogP contribution in [-0.2, 0) is 13.6 Å². The van der Waals surface area contributed by atoms with E-state index in [0.717, 1.165) is 4.57 Å². The third-order valence-electron chi connectivity index (χ3n) is 3.62. The Labute approximate surface area is 124 Å². The zero-order valence-corrected chi connectivity index (χ0v) is 13.6. The fourth-order valence-corrected chi connectivity index (χ4v) is 1.87. The second-order valence-corrected chi connectivity index (χ2v) is 6.43. The lowest BCUT2D eigenvalue weighted by Crippen LogP contribution is -2.47. The summed E-state index contributed by atoms with van der Waals surface area (Å²) in [6.45, 7) is 9.48. The van der Waals surface area contributed by atoms with Gasteiger partial charge >= 0.3 is 5.69 Å². The maximum absolute atomic E-state index is 12.3. The van der Waals surface area contributed by atoms with Crippen LogP contribution in [0, 0.1) is 5.92 Å². The van der Waals surface area contributed by atoms with Crippen LogP contribution in [0.2, 0.25) is 0 Å². The number of nitrogen functional groups attached to an aromatic ring is 1. The second-order valence-electron chi connectivity index (χ2n) is 6.43. The number of aliphatic hydroxyl groups excluding tert-OH is 1. The van der Waals surface area contributed by atoms with Gasteiger partial charge < -0.3 is 16.2 Å². The van der Waals surface area contributed by atoms with Crippen LogP contribution >= 0.6 is 0 Å². The molecule has 7 nitrogen and oxygen atoms in total. The fraction of sp³-hybridized carbons (Fsp3) is 0.714. The molecule has 0 saturated carbocycles. The first kappa shape index (κ1) is 17.3. The fourth-order valence-electron chi connectivity index (χ4n) is 1.87. The lowest BCUT2D eigenvalue weighted by atomic mass is 9.98. The minimum atomic E-state index is -0.750. The average Bonchev–Trinajstić information content (AvgIpc) is 2.37. The molecule has 1 rings (SSSR count). The molecule has 0 radical (unpaired) electrons. The second kappa shape index (κ2) is 5.93. The van der Waals surface area contributed by atoms with E-state index >= 15 is 0 Å². The summed E-state index contributed by atoms with van der Waals surface area (Å²) in [6, 6.07) is 0. The van der Waals surface area contributed by atoms with E-state index in [1.165, 1.54) is 11.6 Å². The molecule has 21 heavy (non-hydrogen) atoms. The zero-order chi connectivity index (χ0) is 16.5. The van der Waals surface area contributed by atoms with Gasteiger partial charge in [-0.2, -0.15) is 0 Å². The lowest BCUT2D eigenvalue weighted by molar-refractivity contribution is 0.133. The molecule has 4 N–H and O–H groups in total. The van der Waals surface area contributed by atoms with Gasteiger partial charge in [-0.3, -0.25) is 13.9 Å². The Morgan fingerprint density at radius 2 is 1.81 bits per heavy atom. The van der Waals surface area contributed by atoms with Gasteiger partial charge in [-0.1, -0.05) is 13.8 Å². The highest BCUT2D eigenvalue weighted by atomic mass is 16.3. The minimum absolute atomic E-state index is 0.102. The van der Waals surface area contributed by atoms with E-state index in [1.54, 1.807) is 20.8 Å². The molecule has 0 aliphatic heterocycles. The van der Waals surface area contributed by atoms with Crippen LogP contribution in [0.1, 0.15) is 34.6 Å². The Bertz CT molecular complexity index is 626. The molecular weight excluding hydrogens is 272 g/mol. The summed E-state index contributed by atoms with van der Waals surface area (Å²) in [5.74, 6) is 0.311. The molecule has 1 unspecified atom stereocenters. The van der Waals surface area contributed by atoms with Crippen molar-refractivity contribution in [2.24, 2.45) is 13.0 Å². The van der Waals surface area contributed by atoms with Gasteiger partial charge in [-0.05, 0) is 26.7 Å². The van der Waals surface area contributed by atoms with Crippen LogP contribution in [-0.4, -0.2) is 25.9 Å². The van der Waals surface area contributed by atoms with E-state index in [9.17, 15) is 14.7 Å². The predicted molar refractivity (Wildman–Crippen MR) is 84.6 cm³/mol. The summed E-state index contributed by atoms with van der Waals surface area (Å²) >= 11 is 0. The minimum Gasteiger partial charge on any atom is -0.391 e. The molecule has 1 atom stereocenters. The topological polar surface area (TPSA) is 102 Å². The van der Waals surface area contributed by atoms with E-state index in [2.05, 4.69) is 5.32 Å². The molecule has 120 valence electrons. The van der Waals surface area contributed by atoms with E-state index in [4.69, 9.17) is 5.73 Å². The summed E-state index contributed by atoms with van der Waals surface area (Å²) in [6.07, 6.45) is -0.702. The number of aliphatic hydroxyl groups is 1. The van der Waals surface area contributed by atoms with Gasteiger partial charge in [0.25, 0.3) is 5.56 Å². The van der Waals surface area contributed by atoms with Crippen LogP contribution < -0.4 is 22.3 Å². The first-order valence-corrected chi connectivity index (χ1v) is 7.04. The van der Waals surface area contributed by atoms with Crippen molar-refractivity contribution in [1.82, 2.24) is 9.13 Å². The van der Waals surface area contributed by atoms with E-state index < -0.39 is 22.9 Å². The Kier molecular flexibility index (Phi) is 4.88. The van der Waals surface area contributed by atoms with Crippen LogP contribution in [0.4, 0.5) is 11.5 Å². The van der Waals surface area contributed by atoms with E-state index in [1.807, 2.05) is 13.8 Å². The maximum Gasteiger partial charge on any atom is 0.332 e. The molecule has 0 bridgehead atoms. The summed E-state index contributed by atoms with van der Waals surface area (Å²) in [5.41, 5.74) is 4.48. The first-order valence-electron chi connectivity index (χ1n) is 7.04. The van der Waals surface area contributed by atoms with Gasteiger partial charge in [0.15, 0.2) is 0 Å². The van der Waals surface area contributed by atoms with Gasteiger partial charge in [-0.15, -0.1) is 0 Å². The molecule has 0 fully saturated rings. The number of hydrogen-bond acceptors (Lipinski definition) is 5. The Morgan fingerprint density at radius 3 is 2.24 bits per heavy atom. The summed E-state index contributed by atoms with van der Waals surface area (Å²) in [5, 5.41) is 12.7. The largest absolute Gasteiger partial charge is 0.391 e. The van der Waals surface area contributed by atoms with Crippen LogP contribution in [0.5, 0.6) is 0 Å². The van der Waals surface area contributed by atoms with Crippen molar-refractivity contribution in [3.05, 3.63) is 20.8 Å². The van der Waals surface area contributed by atoms with Gasteiger partial charge in [0.2, 0.25) is 0 Å². The number of aromatic nitrogens is 2. The SMILES string of the molecule is CC(C)Cn1c(N)c(NC(C)(C)C(C)O)c(=O)n(C)c1=O. The quantitative estimate of drug-likeness (QED) is 0.728. The van der Waals surface area contributed by atoms with E-state index in [-0.39, 0.29) is 17.4 Å². The Hall–Kier alpha value is -1.76. The van der Waals surface area contributed by atoms with Crippen LogP contribution in [0.25, 0.3) is 0 Å². The molecule has 1 aromatic heterocycles. The normalized spacial score (nSPS) is 13.5. The molecule has 7 heteroatoms. The number of nitrogens with zero attached hydrogens (tertiary/aromatic N) is 2. The van der Waals surface area contributed by atoms with Crippen LogP contribution in [0.3, 0.4) is 0 Å². The third kappa shape index (κ3) is 3.47. The molecule has 0 saturated heterocycles. The summed E-state index contributed by atoms with van der Waals surface area (Å²) < 4.78 is 2.41.